The molecule has 4 unspecified atom stereocenters. The van der Waals surface area contributed by atoms with Crippen molar-refractivity contribution in [2.45, 2.75) is 50.9 Å². The highest BCUT2D eigenvalue weighted by Gasteiger charge is 2.48. The number of nitrogens with zero attached hydrogens (tertiary/aromatic N) is 1. The fraction of sp³-hybridized carbons (Fsp3) is 0.667. The Morgan fingerprint density at radius 3 is 2.73 bits per heavy atom. The third kappa shape index (κ3) is 5.45. The van der Waals surface area contributed by atoms with Gasteiger partial charge in [0.2, 0.25) is 5.91 Å². The van der Waals surface area contributed by atoms with Gasteiger partial charge in [0.25, 0.3) is 0 Å². The highest BCUT2D eigenvalue weighted by atomic mass is 35.5. The van der Waals surface area contributed by atoms with Gasteiger partial charge in [-0.25, -0.2) is 4.39 Å². The molecule has 2 fully saturated rings. The molecule has 0 aromatic heterocycles. The van der Waals surface area contributed by atoms with Crippen LogP contribution in [0.2, 0.25) is 5.02 Å². The third-order valence-corrected chi connectivity index (χ3v) is 6.37. The number of benzene rings is 1. The first kappa shape index (κ1) is 23.3. The maximum Gasteiger partial charge on any atom is 0.392 e. The molecule has 1 aromatic rings. The van der Waals surface area contributed by atoms with E-state index in [1.165, 1.54) is 12.1 Å². The summed E-state index contributed by atoms with van der Waals surface area (Å²) in [6.45, 7) is 3.31. The van der Waals surface area contributed by atoms with E-state index in [4.69, 9.17) is 16.3 Å². The van der Waals surface area contributed by atoms with Crippen LogP contribution in [0.1, 0.15) is 44.2 Å². The number of nitrogens with one attached hydrogen (secondary N) is 1. The summed E-state index contributed by atoms with van der Waals surface area (Å²) in [5.41, 5.74) is 0.240. The number of hydrogen-bond donors (Lipinski definition) is 1. The first-order chi connectivity index (χ1) is 14.2. The highest BCUT2D eigenvalue weighted by Crippen LogP contribution is 2.41. The zero-order chi connectivity index (χ0) is 21.9. The SMILES string of the molecule is CC1CN(C(CNC(=O)C2CCCCC2C(F)(F)F)c2c(F)cccc2Cl)CCO1. The lowest BCUT2D eigenvalue weighted by Crippen LogP contribution is -2.49. The van der Waals surface area contributed by atoms with Crippen molar-refractivity contribution in [1.29, 1.82) is 0 Å². The quantitative estimate of drug-likeness (QED) is 0.660. The van der Waals surface area contributed by atoms with Crippen molar-refractivity contribution in [2.75, 3.05) is 26.2 Å². The summed E-state index contributed by atoms with van der Waals surface area (Å²) < 4.78 is 60.4. The van der Waals surface area contributed by atoms with Gasteiger partial charge in [-0.15, -0.1) is 0 Å². The Kier molecular flexibility index (Phi) is 7.63. The molecule has 4 nitrogen and oxygen atoms in total. The summed E-state index contributed by atoms with van der Waals surface area (Å²) in [4.78, 5) is 14.7. The first-order valence-corrected chi connectivity index (χ1v) is 10.7. The Balaban J connectivity index is 1.79. The predicted molar refractivity (Wildman–Crippen MR) is 106 cm³/mol. The van der Waals surface area contributed by atoms with Crippen LogP contribution in [0, 0.1) is 17.7 Å². The number of halogens is 5. The molecule has 168 valence electrons. The number of rotatable bonds is 5. The van der Waals surface area contributed by atoms with E-state index in [2.05, 4.69) is 5.32 Å². The number of hydrogen-bond acceptors (Lipinski definition) is 3. The molecule has 1 heterocycles. The Hall–Kier alpha value is -1.38. The number of amides is 1. The van der Waals surface area contributed by atoms with E-state index >= 15 is 0 Å². The fourth-order valence-corrected chi connectivity index (χ4v) is 4.83. The minimum Gasteiger partial charge on any atom is -0.376 e. The number of carbonyl (C=O) groups is 1. The molecule has 4 atom stereocenters. The van der Waals surface area contributed by atoms with Gasteiger partial charge >= 0.3 is 6.18 Å². The minimum atomic E-state index is -4.41. The Morgan fingerprint density at radius 1 is 1.33 bits per heavy atom. The maximum absolute atomic E-state index is 14.6. The normalized spacial score (nSPS) is 26.9. The zero-order valence-corrected chi connectivity index (χ0v) is 17.6. The zero-order valence-electron chi connectivity index (χ0n) is 16.9. The van der Waals surface area contributed by atoms with Gasteiger partial charge in [0.1, 0.15) is 5.82 Å². The van der Waals surface area contributed by atoms with E-state index in [1.54, 1.807) is 6.07 Å². The summed E-state index contributed by atoms with van der Waals surface area (Å²) in [7, 11) is 0. The molecule has 0 spiro atoms. The molecule has 1 aromatic carbocycles. The molecular weight excluding hydrogens is 424 g/mol. The molecule has 0 bridgehead atoms. The summed E-state index contributed by atoms with van der Waals surface area (Å²) in [6, 6.07) is 3.76. The van der Waals surface area contributed by atoms with Crippen LogP contribution in [0.4, 0.5) is 17.6 Å². The van der Waals surface area contributed by atoms with Gasteiger partial charge in [0.05, 0.1) is 24.7 Å². The van der Waals surface area contributed by atoms with E-state index in [0.29, 0.717) is 32.5 Å². The van der Waals surface area contributed by atoms with Crippen LogP contribution in [0.5, 0.6) is 0 Å². The molecule has 1 saturated carbocycles. The van der Waals surface area contributed by atoms with Gasteiger partial charge in [0, 0.05) is 36.1 Å². The van der Waals surface area contributed by atoms with Crippen LogP contribution in [0.3, 0.4) is 0 Å². The molecule has 1 aliphatic heterocycles. The number of ether oxygens (including phenoxy) is 1. The Morgan fingerprint density at radius 2 is 2.07 bits per heavy atom. The summed E-state index contributed by atoms with van der Waals surface area (Å²) in [5.74, 6) is -3.88. The van der Waals surface area contributed by atoms with E-state index in [9.17, 15) is 22.4 Å². The second-order valence-corrected chi connectivity index (χ2v) is 8.52. The Labute approximate surface area is 178 Å². The fourth-order valence-electron chi connectivity index (χ4n) is 4.54. The van der Waals surface area contributed by atoms with Crippen molar-refractivity contribution < 1.29 is 27.1 Å². The number of alkyl halides is 3. The largest absolute Gasteiger partial charge is 0.392 e. The minimum absolute atomic E-state index is 0.0206. The molecule has 3 rings (SSSR count). The van der Waals surface area contributed by atoms with Crippen LogP contribution in [0.25, 0.3) is 0 Å². The third-order valence-electron chi connectivity index (χ3n) is 6.04. The van der Waals surface area contributed by atoms with Gasteiger partial charge in [-0.05, 0) is 31.9 Å². The first-order valence-electron chi connectivity index (χ1n) is 10.3. The van der Waals surface area contributed by atoms with Gasteiger partial charge in [-0.1, -0.05) is 30.5 Å². The molecule has 2 aliphatic rings. The Bertz CT molecular complexity index is 726. The molecule has 1 aliphatic carbocycles. The number of carbonyl (C=O) groups excluding carboxylic acids is 1. The summed E-state index contributed by atoms with van der Waals surface area (Å²) >= 11 is 6.27. The van der Waals surface area contributed by atoms with Crippen LogP contribution >= 0.6 is 11.6 Å². The van der Waals surface area contributed by atoms with Crippen molar-refractivity contribution in [1.82, 2.24) is 10.2 Å². The van der Waals surface area contributed by atoms with Gasteiger partial charge in [-0.3, -0.25) is 9.69 Å². The monoisotopic (exact) mass is 450 g/mol. The molecule has 1 saturated heterocycles. The standard InChI is InChI=1S/C21H27ClF4N2O2/c1-13-12-28(9-10-30-13)18(19-16(22)7-4-8-17(19)23)11-27-20(29)14-5-2-3-6-15(14)21(24,25)26/h4,7-8,13-15,18H,2-3,5-6,9-12H2,1H3,(H,27,29). The molecule has 30 heavy (non-hydrogen) atoms. The van der Waals surface area contributed by atoms with Crippen molar-refractivity contribution in [3.8, 4) is 0 Å². The van der Waals surface area contributed by atoms with E-state index < -0.39 is 35.8 Å². The predicted octanol–water partition coefficient (Wildman–Crippen LogP) is 4.73. The van der Waals surface area contributed by atoms with E-state index in [1.807, 2.05) is 11.8 Å². The maximum atomic E-state index is 14.6. The average Bonchev–Trinajstić information content (AvgIpc) is 2.69. The van der Waals surface area contributed by atoms with Crippen molar-refractivity contribution in [3.63, 3.8) is 0 Å². The van der Waals surface area contributed by atoms with Gasteiger partial charge in [-0.2, -0.15) is 13.2 Å². The lowest BCUT2D eigenvalue weighted by molar-refractivity contribution is -0.198. The molecule has 0 radical (unpaired) electrons. The summed E-state index contributed by atoms with van der Waals surface area (Å²) in [5, 5.41) is 2.89. The smallest absolute Gasteiger partial charge is 0.376 e. The van der Waals surface area contributed by atoms with E-state index in [-0.39, 0.29) is 36.1 Å². The second-order valence-electron chi connectivity index (χ2n) is 8.11. The molecule has 9 heteroatoms. The van der Waals surface area contributed by atoms with Crippen LogP contribution in [-0.2, 0) is 9.53 Å². The van der Waals surface area contributed by atoms with Crippen molar-refractivity contribution in [2.24, 2.45) is 11.8 Å². The van der Waals surface area contributed by atoms with Crippen molar-refractivity contribution >= 4 is 17.5 Å². The highest BCUT2D eigenvalue weighted by molar-refractivity contribution is 6.31. The van der Waals surface area contributed by atoms with E-state index in [0.717, 1.165) is 0 Å². The topological polar surface area (TPSA) is 41.6 Å². The molecule has 1 amide bonds. The lowest BCUT2D eigenvalue weighted by atomic mass is 9.78. The average molecular weight is 451 g/mol. The van der Waals surface area contributed by atoms with Crippen LogP contribution in [-0.4, -0.2) is 49.3 Å². The lowest BCUT2D eigenvalue weighted by Gasteiger charge is -2.38. The molecular formula is C21H27ClF4N2O2. The van der Waals surface area contributed by atoms with Crippen molar-refractivity contribution in [3.05, 3.63) is 34.6 Å². The van der Waals surface area contributed by atoms with Gasteiger partial charge in [0.15, 0.2) is 0 Å². The van der Waals surface area contributed by atoms with Crippen LogP contribution < -0.4 is 5.32 Å². The van der Waals surface area contributed by atoms with Crippen LogP contribution in [0.15, 0.2) is 18.2 Å². The second kappa shape index (κ2) is 9.83. The molecule has 1 N–H and O–H groups in total. The summed E-state index contributed by atoms with van der Waals surface area (Å²) in [6.07, 6.45) is -3.27. The van der Waals surface area contributed by atoms with Gasteiger partial charge < -0.3 is 10.1 Å². The number of morpholine rings is 1.